The first-order valence-electron chi connectivity index (χ1n) is 12.8. The Labute approximate surface area is 249 Å². The van der Waals surface area contributed by atoms with Crippen LogP contribution >= 0.6 is 15.9 Å². The Morgan fingerprint density at radius 3 is 2.50 bits per heavy atom. The summed E-state index contributed by atoms with van der Waals surface area (Å²) in [5, 5.41) is 16.2. The van der Waals surface area contributed by atoms with Crippen LogP contribution in [0.5, 0.6) is 23.0 Å². The first-order valence-corrected chi connectivity index (χ1v) is 13.6. The maximum absolute atomic E-state index is 13.2. The number of rotatable bonds is 9. The molecule has 0 unspecified atom stereocenters. The number of hydrogen-bond donors (Lipinski definition) is 4. The fourth-order valence-corrected chi connectivity index (χ4v) is 4.50. The van der Waals surface area contributed by atoms with E-state index in [1.54, 1.807) is 78.9 Å². The van der Waals surface area contributed by atoms with Crippen molar-refractivity contribution in [1.29, 1.82) is 0 Å². The number of nitrogens with one attached hydrogen (secondary N) is 2. The number of carbonyl (C=O) groups is 2. The largest absolute Gasteiger partial charge is 0.508 e. The van der Waals surface area contributed by atoms with Gasteiger partial charge in [0.05, 0.1) is 11.4 Å². The van der Waals surface area contributed by atoms with Gasteiger partial charge in [0.25, 0.3) is 0 Å². The number of fused-ring (bicyclic) bond motifs is 1. The Morgan fingerprint density at radius 2 is 1.69 bits per heavy atom. The molecule has 4 aromatic carbocycles. The number of nitrogen functional groups attached to an aromatic ring is 1. The van der Waals surface area contributed by atoms with Gasteiger partial charge < -0.3 is 35.1 Å². The molecule has 4 aromatic rings. The third kappa shape index (κ3) is 7.12. The molecule has 0 aromatic heterocycles. The van der Waals surface area contributed by atoms with Gasteiger partial charge >= 0.3 is 6.09 Å². The number of hydrogen-bond acceptors (Lipinski definition) is 8. The average molecular weight is 632 g/mol. The number of nitrogens with two attached hydrogens (primary N) is 1. The molecule has 1 aliphatic rings. The van der Waals surface area contributed by atoms with Crippen molar-refractivity contribution in [3.63, 3.8) is 0 Å². The van der Waals surface area contributed by atoms with Crippen molar-refractivity contribution in [3.05, 3.63) is 113 Å². The monoisotopic (exact) mass is 631 g/mol. The van der Waals surface area contributed by atoms with Crippen LogP contribution in [-0.2, 0) is 9.53 Å². The number of phenols is 1. The summed E-state index contributed by atoms with van der Waals surface area (Å²) in [4.78, 5) is 26.0. The summed E-state index contributed by atoms with van der Waals surface area (Å²) in [6.07, 6.45) is -0.409. The Hall–Kier alpha value is -5.16. The van der Waals surface area contributed by atoms with E-state index in [2.05, 4.69) is 26.6 Å². The Kier molecular flexibility index (Phi) is 8.78. The number of ether oxygens (including phenoxy) is 4. The van der Waals surface area contributed by atoms with E-state index in [4.69, 9.17) is 24.7 Å². The highest BCUT2D eigenvalue weighted by Crippen LogP contribution is 2.36. The Bertz CT molecular complexity index is 1610. The molecule has 0 bridgehead atoms. The molecule has 1 heterocycles. The van der Waals surface area contributed by atoms with Gasteiger partial charge in [-0.15, -0.1) is 0 Å². The molecule has 2 atom stereocenters. The van der Waals surface area contributed by atoms with Crippen molar-refractivity contribution in [1.82, 2.24) is 0 Å². The predicted molar refractivity (Wildman–Crippen MR) is 161 cm³/mol. The van der Waals surface area contributed by atoms with Gasteiger partial charge in [0.2, 0.25) is 12.7 Å². The van der Waals surface area contributed by atoms with Gasteiger partial charge in [-0.2, -0.15) is 0 Å². The summed E-state index contributed by atoms with van der Waals surface area (Å²) in [6, 6.07) is 25.3. The molecular formula is C31H26BrN3O7. The third-order valence-electron chi connectivity index (χ3n) is 6.12. The van der Waals surface area contributed by atoms with E-state index in [9.17, 15) is 14.7 Å². The van der Waals surface area contributed by atoms with Gasteiger partial charge in [-0.25, -0.2) is 4.79 Å². The van der Waals surface area contributed by atoms with Crippen LogP contribution in [0.4, 0.5) is 21.9 Å². The molecule has 5 N–H and O–H groups in total. The van der Waals surface area contributed by atoms with Crippen molar-refractivity contribution in [2.24, 2.45) is 0 Å². The van der Waals surface area contributed by atoms with E-state index < -0.39 is 24.2 Å². The smallest absolute Gasteiger partial charge is 0.412 e. The van der Waals surface area contributed by atoms with Crippen molar-refractivity contribution in [3.8, 4) is 23.0 Å². The highest BCUT2D eigenvalue weighted by atomic mass is 79.9. The average Bonchev–Trinajstić information content (AvgIpc) is 3.45. The standard InChI is InChI=1S/C31H26BrN3O7/c32-19-10-12-25(36)22(16-19)30(42-31(38)34-20-11-13-26-28(17-20)40-18-39-26)27(41-21-6-2-1-3-7-21)14-15-29(37)35-24-9-5-4-8-23(24)33/h1-17,27,30,36H,18,33H2,(H,34,38)(H,35,37)/b15-14+/t27-,30-/m0/s1. The Morgan fingerprint density at radius 1 is 0.929 bits per heavy atom. The Balaban J connectivity index is 1.45. The molecule has 11 heteroatoms. The fourth-order valence-electron chi connectivity index (χ4n) is 4.12. The molecule has 0 aliphatic carbocycles. The van der Waals surface area contributed by atoms with E-state index in [1.165, 1.54) is 18.2 Å². The van der Waals surface area contributed by atoms with Crippen LogP contribution in [0.15, 0.2) is 108 Å². The summed E-state index contributed by atoms with van der Waals surface area (Å²) in [5.41, 5.74) is 7.43. The second kappa shape index (κ2) is 13.0. The van der Waals surface area contributed by atoms with Gasteiger partial charge in [-0.1, -0.05) is 46.3 Å². The van der Waals surface area contributed by atoms with Gasteiger partial charge in [0.15, 0.2) is 23.7 Å². The highest BCUT2D eigenvalue weighted by molar-refractivity contribution is 9.10. The topological polar surface area (TPSA) is 141 Å². The minimum Gasteiger partial charge on any atom is -0.508 e. The molecule has 214 valence electrons. The van der Waals surface area contributed by atoms with E-state index in [0.29, 0.717) is 38.8 Å². The van der Waals surface area contributed by atoms with Crippen LogP contribution in [-0.4, -0.2) is 30.0 Å². The second-order valence-corrected chi connectivity index (χ2v) is 9.97. The molecule has 42 heavy (non-hydrogen) atoms. The summed E-state index contributed by atoms with van der Waals surface area (Å²) < 4.78 is 23.4. The lowest BCUT2D eigenvalue weighted by Gasteiger charge is -2.27. The van der Waals surface area contributed by atoms with Gasteiger partial charge in [0.1, 0.15) is 11.5 Å². The number of carbonyl (C=O) groups excluding carboxylic acids is 2. The molecule has 2 amide bonds. The van der Waals surface area contributed by atoms with E-state index in [-0.39, 0.29) is 18.1 Å². The third-order valence-corrected chi connectivity index (χ3v) is 6.61. The maximum Gasteiger partial charge on any atom is 0.412 e. The minimum atomic E-state index is -1.21. The van der Waals surface area contributed by atoms with E-state index in [1.807, 2.05) is 6.07 Å². The van der Waals surface area contributed by atoms with Gasteiger partial charge in [0, 0.05) is 27.9 Å². The van der Waals surface area contributed by atoms with Crippen molar-refractivity contribution < 1.29 is 33.6 Å². The first kappa shape index (κ1) is 28.4. The minimum absolute atomic E-state index is 0.0861. The molecule has 0 fully saturated rings. The number of anilines is 3. The first-order chi connectivity index (χ1) is 20.4. The molecule has 0 radical (unpaired) electrons. The molecule has 0 saturated carbocycles. The quantitative estimate of drug-likeness (QED) is 0.123. The SMILES string of the molecule is Nc1ccccc1NC(=O)/C=C/[C@H](Oc1ccccc1)[C@@H](OC(=O)Nc1ccc2c(c1)OCO2)c1cc(Br)ccc1O. The highest BCUT2D eigenvalue weighted by Gasteiger charge is 2.30. The van der Waals surface area contributed by atoms with Crippen LogP contribution in [0.1, 0.15) is 11.7 Å². The predicted octanol–water partition coefficient (Wildman–Crippen LogP) is 6.40. The van der Waals surface area contributed by atoms with Crippen molar-refractivity contribution in [2.75, 3.05) is 23.2 Å². The van der Waals surface area contributed by atoms with Crippen LogP contribution in [0.25, 0.3) is 0 Å². The number of benzene rings is 4. The molecule has 0 spiro atoms. The second-order valence-electron chi connectivity index (χ2n) is 9.05. The molecular weight excluding hydrogens is 606 g/mol. The summed E-state index contributed by atoms with van der Waals surface area (Å²) in [7, 11) is 0. The maximum atomic E-state index is 13.2. The zero-order chi connectivity index (χ0) is 29.5. The van der Waals surface area contributed by atoms with Crippen LogP contribution in [0.2, 0.25) is 0 Å². The van der Waals surface area contributed by atoms with Crippen molar-refractivity contribution in [2.45, 2.75) is 12.2 Å². The molecule has 0 saturated heterocycles. The lowest BCUT2D eigenvalue weighted by molar-refractivity contribution is -0.112. The summed E-state index contributed by atoms with van der Waals surface area (Å²) >= 11 is 3.41. The van der Waals surface area contributed by atoms with Crippen LogP contribution in [0, 0.1) is 0 Å². The van der Waals surface area contributed by atoms with Gasteiger partial charge in [-0.05, 0) is 60.7 Å². The number of para-hydroxylation sites is 3. The van der Waals surface area contributed by atoms with E-state index >= 15 is 0 Å². The van der Waals surface area contributed by atoms with Crippen LogP contribution in [0.3, 0.4) is 0 Å². The lowest BCUT2D eigenvalue weighted by atomic mass is 10.0. The lowest BCUT2D eigenvalue weighted by Crippen LogP contribution is -2.30. The number of halogens is 1. The zero-order valence-electron chi connectivity index (χ0n) is 22.0. The summed E-state index contributed by atoms with van der Waals surface area (Å²) in [5.74, 6) is 0.849. The number of amides is 2. The number of aromatic hydroxyl groups is 1. The van der Waals surface area contributed by atoms with E-state index in [0.717, 1.165) is 0 Å². The normalized spacial score (nSPS) is 13.3. The molecule has 5 rings (SSSR count). The molecule has 10 nitrogen and oxygen atoms in total. The van der Waals surface area contributed by atoms with Gasteiger partial charge in [-0.3, -0.25) is 10.1 Å². The number of phenolic OH excluding ortho intramolecular Hbond substituents is 1. The summed E-state index contributed by atoms with van der Waals surface area (Å²) in [6.45, 7) is 0.0861. The fraction of sp³-hybridized carbons (Fsp3) is 0.0968. The zero-order valence-corrected chi connectivity index (χ0v) is 23.6. The van der Waals surface area contributed by atoms with Crippen LogP contribution < -0.4 is 30.6 Å². The molecule has 1 aliphatic heterocycles. The van der Waals surface area contributed by atoms with Crippen molar-refractivity contribution >= 4 is 45.0 Å².